The highest BCUT2D eigenvalue weighted by Crippen LogP contribution is 2.39. The maximum absolute atomic E-state index is 13.5. The zero-order valence-corrected chi connectivity index (χ0v) is 20.8. The molecule has 2 heterocycles. The maximum atomic E-state index is 13.5. The lowest BCUT2D eigenvalue weighted by atomic mass is 9.87. The van der Waals surface area contributed by atoms with Gasteiger partial charge in [-0.25, -0.2) is 0 Å². The second-order valence-electron chi connectivity index (χ2n) is 9.21. The predicted octanol–water partition coefficient (Wildman–Crippen LogP) is 5.02. The Labute approximate surface area is 200 Å². The zero-order chi connectivity index (χ0) is 24.1. The molecule has 0 saturated carbocycles. The Kier molecular flexibility index (Phi) is 5.74. The van der Waals surface area contributed by atoms with Crippen LogP contribution in [0, 0.1) is 6.92 Å². The van der Waals surface area contributed by atoms with Crippen molar-refractivity contribution < 1.29 is 9.59 Å². The smallest absolute Gasteiger partial charge is 0.270 e. The van der Waals surface area contributed by atoms with Crippen LogP contribution < -0.4 is 15.1 Å². The van der Waals surface area contributed by atoms with Crippen molar-refractivity contribution in [1.29, 1.82) is 0 Å². The molecule has 0 atom stereocenters. The van der Waals surface area contributed by atoms with E-state index in [2.05, 4.69) is 56.2 Å². The van der Waals surface area contributed by atoms with Crippen LogP contribution in [0.2, 0.25) is 0 Å². The van der Waals surface area contributed by atoms with Gasteiger partial charge in [0.15, 0.2) is 5.11 Å². The van der Waals surface area contributed by atoms with Crippen LogP contribution in [0.5, 0.6) is 0 Å². The van der Waals surface area contributed by atoms with Crippen LogP contribution in [-0.4, -0.2) is 29.5 Å². The molecule has 33 heavy (non-hydrogen) atoms. The number of rotatable bonds is 3. The van der Waals surface area contributed by atoms with Crippen molar-refractivity contribution in [3.05, 3.63) is 70.3 Å². The van der Waals surface area contributed by atoms with E-state index in [0.29, 0.717) is 5.69 Å². The van der Waals surface area contributed by atoms with Crippen LogP contribution >= 0.6 is 12.2 Å². The van der Waals surface area contributed by atoms with E-state index in [-0.39, 0.29) is 16.2 Å². The van der Waals surface area contributed by atoms with E-state index in [1.54, 1.807) is 6.08 Å². The SMILES string of the molecule is CCc1ccccc1N1C(=O)/C(=C/c2cc3c(cc2C)N(C)C(C)(C)C=C3C)C(=O)NC1=S. The summed E-state index contributed by atoms with van der Waals surface area (Å²) in [7, 11) is 2.08. The Hall–Kier alpha value is -3.25. The van der Waals surface area contributed by atoms with Gasteiger partial charge in [-0.05, 0) is 92.9 Å². The summed E-state index contributed by atoms with van der Waals surface area (Å²) in [6.45, 7) is 10.5. The Balaban J connectivity index is 1.81. The first-order chi connectivity index (χ1) is 15.5. The summed E-state index contributed by atoms with van der Waals surface area (Å²) < 4.78 is 0. The fourth-order valence-electron chi connectivity index (χ4n) is 4.53. The number of carbonyl (C=O) groups is 2. The Morgan fingerprint density at radius 1 is 1.09 bits per heavy atom. The van der Waals surface area contributed by atoms with E-state index in [1.165, 1.54) is 10.5 Å². The number of anilines is 2. The summed E-state index contributed by atoms with van der Waals surface area (Å²) >= 11 is 5.38. The monoisotopic (exact) mass is 459 g/mol. The minimum atomic E-state index is -0.474. The summed E-state index contributed by atoms with van der Waals surface area (Å²) in [6.07, 6.45) is 4.67. The highest BCUT2D eigenvalue weighted by Gasteiger charge is 2.35. The molecule has 2 aromatic rings. The molecule has 0 spiro atoms. The molecule has 1 fully saturated rings. The first-order valence-electron chi connectivity index (χ1n) is 11.1. The Morgan fingerprint density at radius 2 is 1.79 bits per heavy atom. The van der Waals surface area contributed by atoms with Crippen molar-refractivity contribution in [1.82, 2.24) is 5.32 Å². The maximum Gasteiger partial charge on any atom is 0.270 e. The van der Waals surface area contributed by atoms with Crippen molar-refractivity contribution >= 4 is 52.2 Å². The van der Waals surface area contributed by atoms with Gasteiger partial charge < -0.3 is 4.90 Å². The van der Waals surface area contributed by atoms with Gasteiger partial charge in [-0.3, -0.25) is 19.8 Å². The number of nitrogens with zero attached hydrogens (tertiary/aromatic N) is 2. The van der Waals surface area contributed by atoms with Crippen molar-refractivity contribution in [2.24, 2.45) is 0 Å². The number of fused-ring (bicyclic) bond motifs is 1. The minimum absolute atomic E-state index is 0.0729. The summed E-state index contributed by atoms with van der Waals surface area (Å²) in [4.78, 5) is 30.0. The number of benzene rings is 2. The average Bonchev–Trinajstić information content (AvgIpc) is 2.75. The van der Waals surface area contributed by atoms with Crippen molar-refractivity contribution in [2.45, 2.75) is 46.6 Å². The molecule has 0 aliphatic carbocycles. The fourth-order valence-corrected chi connectivity index (χ4v) is 4.81. The third-order valence-electron chi connectivity index (χ3n) is 6.62. The lowest BCUT2D eigenvalue weighted by molar-refractivity contribution is -0.122. The molecule has 6 heteroatoms. The number of aryl methyl sites for hydroxylation is 2. The number of hydrogen-bond acceptors (Lipinski definition) is 4. The zero-order valence-electron chi connectivity index (χ0n) is 19.9. The summed E-state index contributed by atoms with van der Waals surface area (Å²) in [5, 5.41) is 2.80. The largest absolute Gasteiger partial charge is 0.365 e. The van der Waals surface area contributed by atoms with Gasteiger partial charge in [0.1, 0.15) is 5.57 Å². The Morgan fingerprint density at radius 3 is 2.48 bits per heavy atom. The molecule has 2 aromatic carbocycles. The number of nitrogens with one attached hydrogen (secondary N) is 1. The first kappa shape index (κ1) is 22.9. The van der Waals surface area contributed by atoms with E-state index < -0.39 is 11.8 Å². The highest BCUT2D eigenvalue weighted by atomic mass is 32.1. The minimum Gasteiger partial charge on any atom is -0.365 e. The number of amides is 2. The first-order valence-corrected chi connectivity index (χ1v) is 11.5. The normalized spacial score (nSPS) is 18.9. The molecule has 0 aromatic heterocycles. The van der Waals surface area contributed by atoms with E-state index in [9.17, 15) is 9.59 Å². The summed E-state index contributed by atoms with van der Waals surface area (Å²) in [5.41, 5.74) is 6.91. The molecule has 2 aliphatic heterocycles. The van der Waals surface area contributed by atoms with E-state index in [0.717, 1.165) is 34.4 Å². The number of allylic oxidation sites excluding steroid dienone is 1. The van der Waals surface area contributed by atoms with Crippen LogP contribution in [0.4, 0.5) is 11.4 Å². The molecular weight excluding hydrogens is 430 g/mol. The van der Waals surface area contributed by atoms with Crippen LogP contribution in [0.3, 0.4) is 0 Å². The molecule has 2 aliphatic rings. The molecule has 170 valence electrons. The molecule has 5 nitrogen and oxygen atoms in total. The van der Waals surface area contributed by atoms with Gasteiger partial charge in [-0.2, -0.15) is 0 Å². The average molecular weight is 460 g/mol. The van der Waals surface area contributed by atoms with Crippen LogP contribution in [0.1, 0.15) is 49.9 Å². The molecule has 0 unspecified atom stereocenters. The van der Waals surface area contributed by atoms with E-state index in [4.69, 9.17) is 12.2 Å². The third kappa shape index (κ3) is 3.89. The van der Waals surface area contributed by atoms with Crippen molar-refractivity contribution in [2.75, 3.05) is 16.8 Å². The summed E-state index contributed by atoms with van der Waals surface area (Å²) in [6, 6.07) is 11.8. The highest BCUT2D eigenvalue weighted by molar-refractivity contribution is 7.80. The number of para-hydroxylation sites is 1. The van der Waals surface area contributed by atoms with Crippen LogP contribution in [0.25, 0.3) is 11.6 Å². The third-order valence-corrected chi connectivity index (χ3v) is 6.90. The van der Waals surface area contributed by atoms with Gasteiger partial charge >= 0.3 is 0 Å². The molecule has 0 radical (unpaired) electrons. The topological polar surface area (TPSA) is 52.7 Å². The van der Waals surface area contributed by atoms with Gasteiger partial charge in [0.25, 0.3) is 11.8 Å². The van der Waals surface area contributed by atoms with Crippen LogP contribution in [0.15, 0.2) is 48.0 Å². The number of carbonyl (C=O) groups excluding carboxylic acids is 2. The predicted molar refractivity (Wildman–Crippen MR) is 139 cm³/mol. The van der Waals surface area contributed by atoms with Gasteiger partial charge in [-0.1, -0.05) is 31.2 Å². The molecule has 4 rings (SSSR count). The standard InChI is InChI=1S/C27H29N3O2S/c1-7-18-10-8-9-11-22(18)30-25(32)21(24(31)28-26(30)33)14-19-13-20-17(3)15-27(4,5)29(6)23(20)12-16(19)2/h8-15H,7H2,1-6H3,(H,28,31,33)/b21-14+. The number of hydrogen-bond donors (Lipinski definition) is 1. The fraction of sp³-hybridized carbons (Fsp3) is 0.296. The lowest BCUT2D eigenvalue weighted by Gasteiger charge is -2.41. The van der Waals surface area contributed by atoms with Gasteiger partial charge in [0.05, 0.1) is 11.2 Å². The van der Waals surface area contributed by atoms with Gasteiger partial charge in [-0.15, -0.1) is 0 Å². The molecule has 1 N–H and O–H groups in total. The van der Waals surface area contributed by atoms with Gasteiger partial charge in [0, 0.05) is 18.3 Å². The summed E-state index contributed by atoms with van der Waals surface area (Å²) in [5.74, 6) is -0.884. The van der Waals surface area contributed by atoms with Crippen LogP contribution in [-0.2, 0) is 16.0 Å². The van der Waals surface area contributed by atoms with Crippen molar-refractivity contribution in [3.8, 4) is 0 Å². The quantitative estimate of drug-likeness (QED) is 0.398. The molecule has 2 amide bonds. The second kappa shape index (κ2) is 8.27. The second-order valence-corrected chi connectivity index (χ2v) is 9.59. The number of likely N-dealkylation sites (N-methyl/N-ethyl adjacent to an activating group) is 1. The van der Waals surface area contributed by atoms with Crippen molar-refractivity contribution in [3.63, 3.8) is 0 Å². The van der Waals surface area contributed by atoms with Gasteiger partial charge in [0.2, 0.25) is 0 Å². The lowest BCUT2D eigenvalue weighted by Crippen LogP contribution is -2.54. The molecular formula is C27H29N3O2S. The molecule has 0 bridgehead atoms. The molecule has 1 saturated heterocycles. The van der Waals surface area contributed by atoms with E-state index in [1.807, 2.05) is 38.1 Å². The Bertz CT molecular complexity index is 1260. The number of thiocarbonyl (C=S) groups is 1. The van der Waals surface area contributed by atoms with E-state index >= 15 is 0 Å².